The summed E-state index contributed by atoms with van der Waals surface area (Å²) in [5, 5.41) is 14.0. The molecule has 1 aliphatic rings. The molecule has 0 saturated heterocycles. The first kappa shape index (κ1) is 17.2. The SMILES string of the molecule is O=C(O)c1cc(C2=CCN=C2)ccc1Oc1cc2ccccc2c2ccccc12. The number of hydrogen-bond acceptors (Lipinski definition) is 3. The van der Waals surface area contributed by atoms with E-state index in [0.29, 0.717) is 18.0 Å². The van der Waals surface area contributed by atoms with Gasteiger partial charge < -0.3 is 9.84 Å². The van der Waals surface area contributed by atoms with Crippen molar-refractivity contribution in [1.82, 2.24) is 0 Å². The van der Waals surface area contributed by atoms with Gasteiger partial charge in [0, 0.05) is 11.6 Å². The molecule has 0 fully saturated rings. The van der Waals surface area contributed by atoms with Crippen molar-refractivity contribution in [3.8, 4) is 11.5 Å². The number of carbonyl (C=O) groups is 1. The van der Waals surface area contributed by atoms with E-state index in [0.717, 1.165) is 32.7 Å². The Morgan fingerprint density at radius 3 is 2.38 bits per heavy atom. The topological polar surface area (TPSA) is 58.9 Å². The van der Waals surface area contributed by atoms with Gasteiger partial charge in [0.2, 0.25) is 0 Å². The molecule has 0 aliphatic carbocycles. The van der Waals surface area contributed by atoms with Gasteiger partial charge in [-0.2, -0.15) is 0 Å². The van der Waals surface area contributed by atoms with Gasteiger partial charge in [-0.05, 0) is 45.5 Å². The van der Waals surface area contributed by atoms with Crippen molar-refractivity contribution in [2.24, 2.45) is 4.99 Å². The van der Waals surface area contributed by atoms with E-state index in [4.69, 9.17) is 4.74 Å². The van der Waals surface area contributed by atoms with E-state index in [1.165, 1.54) is 0 Å². The van der Waals surface area contributed by atoms with E-state index < -0.39 is 5.97 Å². The van der Waals surface area contributed by atoms with Crippen LogP contribution in [0.5, 0.6) is 11.5 Å². The predicted molar refractivity (Wildman–Crippen MR) is 116 cm³/mol. The third-order valence-corrected chi connectivity index (χ3v) is 5.14. The second-order valence-electron chi connectivity index (χ2n) is 6.91. The highest BCUT2D eigenvalue weighted by atomic mass is 16.5. The second-order valence-corrected chi connectivity index (χ2v) is 6.91. The Balaban J connectivity index is 1.65. The van der Waals surface area contributed by atoms with E-state index in [9.17, 15) is 9.90 Å². The third-order valence-electron chi connectivity index (χ3n) is 5.14. The molecule has 0 unspecified atom stereocenters. The van der Waals surface area contributed by atoms with Crippen LogP contribution in [0.15, 0.2) is 83.9 Å². The molecule has 0 atom stereocenters. The lowest BCUT2D eigenvalue weighted by Gasteiger charge is -2.14. The van der Waals surface area contributed by atoms with E-state index in [1.54, 1.807) is 18.3 Å². The summed E-state index contributed by atoms with van der Waals surface area (Å²) in [6.07, 6.45) is 3.73. The fraction of sp³-hybridized carbons (Fsp3) is 0.0400. The summed E-state index contributed by atoms with van der Waals surface area (Å²) < 4.78 is 6.18. The Bertz CT molecular complexity index is 1330. The smallest absolute Gasteiger partial charge is 0.339 e. The highest BCUT2D eigenvalue weighted by Gasteiger charge is 2.17. The number of hydrogen-bond donors (Lipinski definition) is 1. The Morgan fingerprint density at radius 1 is 0.862 bits per heavy atom. The highest BCUT2D eigenvalue weighted by Crippen LogP contribution is 2.37. The maximum absolute atomic E-state index is 11.9. The van der Waals surface area contributed by atoms with E-state index >= 15 is 0 Å². The molecule has 29 heavy (non-hydrogen) atoms. The average molecular weight is 379 g/mol. The number of fused-ring (bicyclic) bond motifs is 3. The standard InChI is InChI=1S/C25H17NO3/c27-25(28)22-13-16(18-11-12-26-15-18)9-10-23(22)29-24-14-17-5-1-2-6-19(17)20-7-3-4-8-21(20)24/h1-11,13-15H,12H2,(H,27,28). The number of aliphatic imine (C=N–C) groups is 1. The molecule has 0 bridgehead atoms. The third kappa shape index (κ3) is 3.05. The molecular formula is C25H17NO3. The van der Waals surface area contributed by atoms with Crippen molar-refractivity contribution in [1.29, 1.82) is 0 Å². The molecule has 0 amide bonds. The molecule has 0 radical (unpaired) electrons. The lowest BCUT2D eigenvalue weighted by molar-refractivity contribution is 0.0694. The van der Waals surface area contributed by atoms with Crippen LogP contribution < -0.4 is 4.74 Å². The van der Waals surface area contributed by atoms with Crippen molar-refractivity contribution < 1.29 is 14.6 Å². The quantitative estimate of drug-likeness (QED) is 0.446. The van der Waals surface area contributed by atoms with Crippen molar-refractivity contribution >= 4 is 39.3 Å². The first-order valence-electron chi connectivity index (χ1n) is 9.37. The van der Waals surface area contributed by atoms with Gasteiger partial charge in [0.1, 0.15) is 17.1 Å². The Hall–Kier alpha value is -3.92. The first-order chi connectivity index (χ1) is 14.2. The zero-order chi connectivity index (χ0) is 19.8. The number of aromatic carboxylic acids is 1. The summed E-state index contributed by atoms with van der Waals surface area (Å²) in [4.78, 5) is 16.1. The molecule has 1 heterocycles. The highest BCUT2D eigenvalue weighted by molar-refractivity contribution is 6.12. The molecule has 4 aromatic rings. The minimum atomic E-state index is -1.03. The van der Waals surface area contributed by atoms with Gasteiger partial charge in [-0.15, -0.1) is 0 Å². The molecule has 5 rings (SSSR count). The van der Waals surface area contributed by atoms with Gasteiger partial charge >= 0.3 is 5.97 Å². The number of ether oxygens (including phenoxy) is 1. The van der Waals surface area contributed by atoms with Crippen LogP contribution >= 0.6 is 0 Å². The van der Waals surface area contributed by atoms with Gasteiger partial charge in [0.15, 0.2) is 0 Å². The van der Waals surface area contributed by atoms with E-state index in [-0.39, 0.29) is 5.56 Å². The largest absolute Gasteiger partial charge is 0.478 e. The number of nitrogens with zero attached hydrogens (tertiary/aromatic N) is 1. The molecule has 4 heteroatoms. The van der Waals surface area contributed by atoms with E-state index in [2.05, 4.69) is 17.1 Å². The van der Waals surface area contributed by atoms with Gasteiger partial charge in [-0.1, -0.05) is 60.7 Å². The van der Waals surface area contributed by atoms with E-state index in [1.807, 2.05) is 54.6 Å². The number of carboxylic acids is 1. The number of benzene rings is 4. The van der Waals surface area contributed by atoms with Crippen molar-refractivity contribution in [3.05, 3.63) is 90.0 Å². The van der Waals surface area contributed by atoms with Gasteiger partial charge in [-0.25, -0.2) is 4.79 Å². The molecule has 4 nitrogen and oxygen atoms in total. The van der Waals surface area contributed by atoms with Crippen molar-refractivity contribution in [2.75, 3.05) is 6.54 Å². The van der Waals surface area contributed by atoms with Gasteiger partial charge in [0.25, 0.3) is 0 Å². The van der Waals surface area contributed by atoms with Crippen LogP contribution in [0.25, 0.3) is 27.1 Å². The number of carboxylic acid groups (broad SMARTS) is 1. The summed E-state index contributed by atoms with van der Waals surface area (Å²) in [6.45, 7) is 0.624. The molecule has 4 aromatic carbocycles. The maximum Gasteiger partial charge on any atom is 0.339 e. The monoisotopic (exact) mass is 379 g/mol. The average Bonchev–Trinajstić information content (AvgIpc) is 3.29. The van der Waals surface area contributed by atoms with Crippen LogP contribution in [0.2, 0.25) is 0 Å². The Kier molecular flexibility index (Phi) is 4.10. The zero-order valence-electron chi connectivity index (χ0n) is 15.5. The fourth-order valence-electron chi connectivity index (χ4n) is 3.74. The summed E-state index contributed by atoms with van der Waals surface area (Å²) >= 11 is 0. The van der Waals surface area contributed by atoms with Crippen LogP contribution in [0.1, 0.15) is 15.9 Å². The second kappa shape index (κ2) is 6.91. The van der Waals surface area contributed by atoms with Crippen molar-refractivity contribution in [3.63, 3.8) is 0 Å². The molecule has 0 saturated carbocycles. The summed E-state index contributed by atoms with van der Waals surface area (Å²) in [5.74, 6) is -0.0732. The number of allylic oxidation sites excluding steroid dienone is 1. The zero-order valence-corrected chi connectivity index (χ0v) is 15.5. The van der Waals surface area contributed by atoms with Gasteiger partial charge in [-0.3, -0.25) is 4.99 Å². The summed E-state index contributed by atoms with van der Waals surface area (Å²) in [7, 11) is 0. The Labute approximate surface area is 167 Å². The maximum atomic E-state index is 11.9. The molecule has 0 aromatic heterocycles. The minimum Gasteiger partial charge on any atom is -0.478 e. The fourth-order valence-corrected chi connectivity index (χ4v) is 3.74. The van der Waals surface area contributed by atoms with Crippen LogP contribution in [0.3, 0.4) is 0 Å². The lowest BCUT2D eigenvalue weighted by atomic mass is 10.0. The molecular weight excluding hydrogens is 362 g/mol. The molecule has 1 N–H and O–H groups in total. The lowest BCUT2D eigenvalue weighted by Crippen LogP contribution is -2.02. The summed E-state index contributed by atoms with van der Waals surface area (Å²) in [6, 6.07) is 23.3. The molecule has 1 aliphatic heterocycles. The molecule has 140 valence electrons. The minimum absolute atomic E-state index is 0.126. The predicted octanol–water partition coefficient (Wildman–Crippen LogP) is 5.95. The van der Waals surface area contributed by atoms with Crippen LogP contribution in [0, 0.1) is 0 Å². The first-order valence-corrected chi connectivity index (χ1v) is 9.37. The summed E-state index contributed by atoms with van der Waals surface area (Å²) in [5.41, 5.74) is 1.87. The van der Waals surface area contributed by atoms with Gasteiger partial charge in [0.05, 0.1) is 6.54 Å². The van der Waals surface area contributed by atoms with Crippen LogP contribution in [-0.2, 0) is 0 Å². The van der Waals surface area contributed by atoms with Crippen molar-refractivity contribution in [2.45, 2.75) is 0 Å². The molecule has 0 spiro atoms. The normalized spacial score (nSPS) is 13.0. The number of rotatable bonds is 4. The van der Waals surface area contributed by atoms with Crippen LogP contribution in [0.4, 0.5) is 0 Å². The Morgan fingerprint density at radius 2 is 1.62 bits per heavy atom. The van der Waals surface area contributed by atoms with Crippen LogP contribution in [-0.4, -0.2) is 23.8 Å².